The molecule has 1 aromatic rings. The highest BCUT2D eigenvalue weighted by molar-refractivity contribution is 5.89. The summed E-state index contributed by atoms with van der Waals surface area (Å²) < 4.78 is 0. The van der Waals surface area contributed by atoms with Gasteiger partial charge >= 0.3 is 5.97 Å². The third kappa shape index (κ3) is 2.97. The lowest BCUT2D eigenvalue weighted by atomic mass is 10.1. The van der Waals surface area contributed by atoms with Crippen molar-refractivity contribution < 1.29 is 14.7 Å². The minimum atomic E-state index is -0.938. The average Bonchev–Trinajstić information content (AvgIpc) is 2.40. The number of aliphatic carboxylic acids is 1. The number of benzene rings is 1. The molecule has 1 aliphatic rings. The van der Waals surface area contributed by atoms with Gasteiger partial charge in [0.15, 0.2) is 0 Å². The molecule has 0 spiro atoms. The van der Waals surface area contributed by atoms with Gasteiger partial charge in [-0.15, -0.1) is 0 Å². The topological polar surface area (TPSA) is 57.6 Å². The molecule has 0 saturated carbocycles. The highest BCUT2D eigenvalue weighted by atomic mass is 16.4. The molecule has 1 aromatic carbocycles. The van der Waals surface area contributed by atoms with Crippen molar-refractivity contribution in [2.45, 2.75) is 12.8 Å². The van der Waals surface area contributed by atoms with Crippen LogP contribution in [0, 0.1) is 0 Å². The summed E-state index contributed by atoms with van der Waals surface area (Å²) in [4.78, 5) is 24.5. The standard InChI is InChI=1S/C14H15NO3/c16-13(9-11-5-2-1-3-6-11)15-8-4-7-12(10-15)14(17)18/h1-3,5-7H,4,8-10H2,(H,17,18). The predicted octanol–water partition coefficient (Wildman–Crippen LogP) is 1.47. The van der Waals surface area contributed by atoms with Crippen LogP contribution in [0.25, 0.3) is 0 Å². The van der Waals surface area contributed by atoms with Crippen LogP contribution >= 0.6 is 0 Å². The van der Waals surface area contributed by atoms with Crippen molar-refractivity contribution in [2.75, 3.05) is 13.1 Å². The Hall–Kier alpha value is -2.10. The first-order chi connectivity index (χ1) is 8.66. The normalized spacial score (nSPS) is 15.1. The van der Waals surface area contributed by atoms with Crippen molar-refractivity contribution in [3.05, 3.63) is 47.5 Å². The SMILES string of the molecule is O=C(O)C1=CCCN(C(=O)Cc2ccccc2)C1. The van der Waals surface area contributed by atoms with Gasteiger partial charge in [0.1, 0.15) is 0 Å². The second-order valence-electron chi connectivity index (χ2n) is 4.30. The molecule has 0 saturated heterocycles. The fraction of sp³-hybridized carbons (Fsp3) is 0.286. The third-order valence-corrected chi connectivity index (χ3v) is 2.98. The lowest BCUT2D eigenvalue weighted by Crippen LogP contribution is -2.38. The Morgan fingerprint density at radius 3 is 2.61 bits per heavy atom. The molecule has 1 N–H and O–H groups in total. The number of carboxylic acids is 1. The highest BCUT2D eigenvalue weighted by Gasteiger charge is 2.21. The van der Waals surface area contributed by atoms with E-state index in [2.05, 4.69) is 0 Å². The van der Waals surface area contributed by atoms with Crippen LogP contribution in [0.4, 0.5) is 0 Å². The average molecular weight is 245 g/mol. The fourth-order valence-corrected chi connectivity index (χ4v) is 1.99. The summed E-state index contributed by atoms with van der Waals surface area (Å²) in [5, 5.41) is 8.92. The van der Waals surface area contributed by atoms with E-state index >= 15 is 0 Å². The van der Waals surface area contributed by atoms with Crippen LogP contribution in [-0.2, 0) is 16.0 Å². The number of amides is 1. The molecular weight excluding hydrogens is 230 g/mol. The van der Waals surface area contributed by atoms with E-state index in [0.29, 0.717) is 25.0 Å². The maximum Gasteiger partial charge on any atom is 0.333 e. The summed E-state index contributed by atoms with van der Waals surface area (Å²) >= 11 is 0. The molecule has 1 amide bonds. The highest BCUT2D eigenvalue weighted by Crippen LogP contribution is 2.12. The number of rotatable bonds is 3. The first-order valence-corrected chi connectivity index (χ1v) is 5.91. The number of carbonyl (C=O) groups excluding carboxylic acids is 1. The number of hydrogen-bond acceptors (Lipinski definition) is 2. The zero-order valence-corrected chi connectivity index (χ0v) is 10.0. The lowest BCUT2D eigenvalue weighted by Gasteiger charge is -2.26. The molecule has 94 valence electrons. The van der Waals surface area contributed by atoms with E-state index in [1.165, 1.54) is 0 Å². The summed E-state index contributed by atoms with van der Waals surface area (Å²) in [7, 11) is 0. The molecule has 0 fully saturated rings. The predicted molar refractivity (Wildman–Crippen MR) is 67.1 cm³/mol. The summed E-state index contributed by atoms with van der Waals surface area (Å²) in [6, 6.07) is 9.48. The van der Waals surface area contributed by atoms with Crippen LogP contribution in [0.1, 0.15) is 12.0 Å². The molecule has 0 aliphatic carbocycles. The van der Waals surface area contributed by atoms with Crippen LogP contribution in [0.5, 0.6) is 0 Å². The van der Waals surface area contributed by atoms with E-state index in [1.54, 1.807) is 11.0 Å². The molecule has 0 bridgehead atoms. The molecule has 0 atom stereocenters. The molecule has 4 heteroatoms. The zero-order chi connectivity index (χ0) is 13.0. The lowest BCUT2D eigenvalue weighted by molar-refractivity contribution is -0.134. The maximum absolute atomic E-state index is 12.0. The van der Waals surface area contributed by atoms with Gasteiger partial charge in [-0.1, -0.05) is 36.4 Å². The first kappa shape index (κ1) is 12.4. The van der Waals surface area contributed by atoms with E-state index in [9.17, 15) is 9.59 Å². The Balaban J connectivity index is 1.99. The van der Waals surface area contributed by atoms with Gasteiger partial charge in [0.25, 0.3) is 0 Å². The Morgan fingerprint density at radius 2 is 1.94 bits per heavy atom. The number of hydrogen-bond donors (Lipinski definition) is 1. The van der Waals surface area contributed by atoms with Crippen LogP contribution in [0.2, 0.25) is 0 Å². The van der Waals surface area contributed by atoms with Crippen LogP contribution in [0.3, 0.4) is 0 Å². The smallest absolute Gasteiger partial charge is 0.333 e. The minimum Gasteiger partial charge on any atom is -0.478 e. The molecule has 18 heavy (non-hydrogen) atoms. The van der Waals surface area contributed by atoms with Crippen molar-refractivity contribution in [1.29, 1.82) is 0 Å². The maximum atomic E-state index is 12.0. The summed E-state index contributed by atoms with van der Waals surface area (Å²) in [6.45, 7) is 0.809. The van der Waals surface area contributed by atoms with Crippen LogP contribution in [0.15, 0.2) is 42.0 Å². The van der Waals surface area contributed by atoms with Crippen LogP contribution in [-0.4, -0.2) is 35.0 Å². The monoisotopic (exact) mass is 245 g/mol. The quantitative estimate of drug-likeness (QED) is 0.877. The van der Waals surface area contributed by atoms with Crippen molar-refractivity contribution in [2.24, 2.45) is 0 Å². The molecule has 1 heterocycles. The van der Waals surface area contributed by atoms with Crippen LogP contribution < -0.4 is 0 Å². The van der Waals surface area contributed by atoms with Gasteiger partial charge in [-0.05, 0) is 12.0 Å². The second-order valence-corrected chi connectivity index (χ2v) is 4.30. The zero-order valence-electron chi connectivity index (χ0n) is 10.0. The van der Waals surface area contributed by atoms with Gasteiger partial charge < -0.3 is 10.0 Å². The Labute approximate surface area is 106 Å². The Kier molecular flexibility index (Phi) is 3.77. The molecule has 1 aliphatic heterocycles. The number of carbonyl (C=O) groups is 2. The van der Waals surface area contributed by atoms with E-state index in [4.69, 9.17) is 5.11 Å². The Bertz CT molecular complexity index is 479. The van der Waals surface area contributed by atoms with E-state index < -0.39 is 5.97 Å². The van der Waals surface area contributed by atoms with E-state index in [1.807, 2.05) is 30.3 Å². The van der Waals surface area contributed by atoms with E-state index in [-0.39, 0.29) is 12.5 Å². The largest absolute Gasteiger partial charge is 0.478 e. The van der Waals surface area contributed by atoms with Crippen molar-refractivity contribution in [3.63, 3.8) is 0 Å². The Morgan fingerprint density at radius 1 is 1.22 bits per heavy atom. The van der Waals surface area contributed by atoms with Crippen molar-refractivity contribution in [1.82, 2.24) is 4.90 Å². The fourth-order valence-electron chi connectivity index (χ4n) is 1.99. The molecule has 0 unspecified atom stereocenters. The van der Waals surface area contributed by atoms with Gasteiger partial charge in [0.05, 0.1) is 18.5 Å². The first-order valence-electron chi connectivity index (χ1n) is 5.91. The van der Waals surface area contributed by atoms with Gasteiger partial charge in [0, 0.05) is 6.54 Å². The summed E-state index contributed by atoms with van der Waals surface area (Å²) in [5.41, 5.74) is 1.26. The molecule has 0 aromatic heterocycles. The molecule has 2 rings (SSSR count). The van der Waals surface area contributed by atoms with Gasteiger partial charge in [-0.2, -0.15) is 0 Å². The third-order valence-electron chi connectivity index (χ3n) is 2.98. The van der Waals surface area contributed by atoms with Crippen molar-refractivity contribution in [3.8, 4) is 0 Å². The molecule has 4 nitrogen and oxygen atoms in total. The summed E-state index contributed by atoms with van der Waals surface area (Å²) in [6.07, 6.45) is 2.63. The van der Waals surface area contributed by atoms with Crippen molar-refractivity contribution >= 4 is 11.9 Å². The van der Waals surface area contributed by atoms with E-state index in [0.717, 1.165) is 5.56 Å². The number of nitrogens with zero attached hydrogens (tertiary/aromatic N) is 1. The molecule has 0 radical (unpaired) electrons. The molecular formula is C14H15NO3. The summed E-state index contributed by atoms with van der Waals surface area (Å²) in [5.74, 6) is -0.958. The number of carboxylic acid groups (broad SMARTS) is 1. The van der Waals surface area contributed by atoms with Gasteiger partial charge in [0.2, 0.25) is 5.91 Å². The minimum absolute atomic E-state index is 0.0203. The van der Waals surface area contributed by atoms with Gasteiger partial charge in [-0.25, -0.2) is 4.79 Å². The van der Waals surface area contributed by atoms with Gasteiger partial charge in [-0.3, -0.25) is 4.79 Å². The second kappa shape index (κ2) is 5.49.